The monoisotopic (exact) mass is 439 g/mol. The minimum atomic E-state index is -0.106. The van der Waals surface area contributed by atoms with Gasteiger partial charge >= 0.3 is 0 Å². The summed E-state index contributed by atoms with van der Waals surface area (Å²) < 4.78 is 5.43. The second-order valence-corrected chi connectivity index (χ2v) is 8.77. The lowest BCUT2D eigenvalue weighted by atomic mass is 9.98. The maximum absolute atomic E-state index is 13.3. The van der Waals surface area contributed by atoms with Gasteiger partial charge in [-0.25, -0.2) is 0 Å². The first-order valence-corrected chi connectivity index (χ1v) is 11.6. The van der Waals surface area contributed by atoms with E-state index in [1.54, 1.807) is 7.11 Å². The van der Waals surface area contributed by atoms with E-state index in [2.05, 4.69) is 39.5 Å². The highest BCUT2D eigenvalue weighted by Gasteiger charge is 2.22. The van der Waals surface area contributed by atoms with Gasteiger partial charge in [0.05, 0.1) is 19.7 Å². The van der Waals surface area contributed by atoms with E-state index in [0.717, 1.165) is 54.2 Å². The number of carbonyl (C=O) groups excluding carboxylic acids is 1. The van der Waals surface area contributed by atoms with Crippen molar-refractivity contribution in [3.8, 4) is 16.9 Å². The van der Waals surface area contributed by atoms with Crippen LogP contribution in [0, 0.1) is 0 Å². The van der Waals surface area contributed by atoms with Gasteiger partial charge in [-0.15, -0.1) is 0 Å². The molecule has 5 rings (SSSR count). The number of hydrogen-bond donors (Lipinski definition) is 1. The van der Waals surface area contributed by atoms with E-state index >= 15 is 0 Å². The molecule has 2 heterocycles. The van der Waals surface area contributed by atoms with E-state index in [4.69, 9.17) is 4.74 Å². The normalized spacial score (nSPS) is 15.9. The molecule has 1 N–H and O–H groups in total. The number of fused-ring (bicyclic) bond motifs is 1. The third kappa shape index (κ3) is 4.83. The van der Waals surface area contributed by atoms with Gasteiger partial charge in [0.25, 0.3) is 5.91 Å². The van der Waals surface area contributed by atoms with E-state index < -0.39 is 0 Å². The predicted octanol–water partition coefficient (Wildman–Crippen LogP) is 4.86. The second kappa shape index (κ2) is 9.59. The van der Waals surface area contributed by atoms with E-state index in [1.165, 1.54) is 18.4 Å². The second-order valence-electron chi connectivity index (χ2n) is 8.77. The molecule has 0 aliphatic carbocycles. The fourth-order valence-corrected chi connectivity index (χ4v) is 4.68. The van der Waals surface area contributed by atoms with Crippen LogP contribution in [0.1, 0.15) is 45.9 Å². The molecule has 3 aromatic carbocycles. The molecule has 1 atom stereocenters. The average molecular weight is 440 g/mol. The van der Waals surface area contributed by atoms with Crippen molar-refractivity contribution in [2.45, 2.75) is 25.4 Å². The maximum Gasteiger partial charge on any atom is 0.251 e. The van der Waals surface area contributed by atoms with Crippen LogP contribution in [0.15, 0.2) is 71.7 Å². The zero-order valence-corrected chi connectivity index (χ0v) is 19.0. The first-order valence-electron chi connectivity index (χ1n) is 11.6. The molecule has 0 bridgehead atoms. The van der Waals surface area contributed by atoms with Crippen LogP contribution in [-0.2, 0) is 6.54 Å². The van der Waals surface area contributed by atoms with E-state index in [-0.39, 0.29) is 11.9 Å². The highest BCUT2D eigenvalue weighted by Crippen LogP contribution is 2.26. The van der Waals surface area contributed by atoms with Crippen molar-refractivity contribution in [3.63, 3.8) is 0 Å². The molecular formula is C28H29N3O2. The van der Waals surface area contributed by atoms with Crippen molar-refractivity contribution in [2.75, 3.05) is 26.7 Å². The number of rotatable bonds is 7. The van der Waals surface area contributed by atoms with Crippen LogP contribution >= 0.6 is 0 Å². The lowest BCUT2D eigenvalue weighted by Gasteiger charge is -2.25. The maximum atomic E-state index is 13.3. The van der Waals surface area contributed by atoms with Crippen LogP contribution in [0.2, 0.25) is 0 Å². The minimum Gasteiger partial charge on any atom is -0.497 e. The Bertz CT molecular complexity index is 1180. The smallest absolute Gasteiger partial charge is 0.251 e. The van der Waals surface area contributed by atoms with Crippen molar-refractivity contribution >= 4 is 12.1 Å². The number of ether oxygens (including phenoxy) is 1. The Hall–Kier alpha value is -3.44. The van der Waals surface area contributed by atoms with Crippen molar-refractivity contribution < 1.29 is 9.53 Å². The fraction of sp³-hybridized carbons (Fsp3) is 0.286. The van der Waals surface area contributed by atoms with Crippen LogP contribution in [-0.4, -0.2) is 43.8 Å². The Morgan fingerprint density at radius 2 is 1.85 bits per heavy atom. The lowest BCUT2D eigenvalue weighted by Crippen LogP contribution is -2.37. The number of hydrogen-bond acceptors (Lipinski definition) is 4. The topological polar surface area (TPSA) is 53.9 Å². The van der Waals surface area contributed by atoms with Crippen LogP contribution in [0.3, 0.4) is 0 Å². The van der Waals surface area contributed by atoms with Gasteiger partial charge in [-0.05, 0) is 84.1 Å². The summed E-state index contributed by atoms with van der Waals surface area (Å²) in [4.78, 5) is 20.1. The summed E-state index contributed by atoms with van der Waals surface area (Å²) in [5.41, 5.74) is 6.25. The number of aliphatic imine (C=N–C) groups is 1. The molecule has 168 valence electrons. The van der Waals surface area contributed by atoms with E-state index in [1.807, 2.05) is 48.7 Å². The van der Waals surface area contributed by atoms with Gasteiger partial charge < -0.3 is 15.0 Å². The van der Waals surface area contributed by atoms with Gasteiger partial charge in [-0.2, -0.15) is 0 Å². The molecule has 1 saturated heterocycles. The largest absolute Gasteiger partial charge is 0.497 e. The molecule has 0 saturated carbocycles. The zero-order valence-electron chi connectivity index (χ0n) is 19.0. The summed E-state index contributed by atoms with van der Waals surface area (Å²) in [6, 6.07) is 22.1. The van der Waals surface area contributed by atoms with Gasteiger partial charge in [0, 0.05) is 18.3 Å². The predicted molar refractivity (Wildman–Crippen MR) is 132 cm³/mol. The van der Waals surface area contributed by atoms with Crippen molar-refractivity contribution in [2.24, 2.45) is 4.99 Å². The number of nitrogens with zero attached hydrogens (tertiary/aromatic N) is 2. The van der Waals surface area contributed by atoms with Crippen molar-refractivity contribution in [1.29, 1.82) is 0 Å². The molecule has 1 fully saturated rings. The van der Waals surface area contributed by atoms with Gasteiger partial charge in [0.2, 0.25) is 0 Å². The SMILES string of the molecule is COc1cccc(C(CN2CCCC2)NC(=O)c2cccc(-c3ccc4c(c3)C=NC4)c2)c1. The first kappa shape index (κ1) is 21.4. The number of likely N-dealkylation sites (tertiary alicyclic amines) is 1. The van der Waals surface area contributed by atoms with Crippen molar-refractivity contribution in [3.05, 3.63) is 89.0 Å². The standard InChI is InChI=1S/C28H29N3O2/c1-33-26-9-5-7-22(16-26)27(19-31-12-2-3-13-31)30-28(32)23-8-4-6-20(14-23)21-10-11-24-17-29-18-25(24)15-21/h4-11,14-16,18,27H,2-3,12-13,17,19H2,1H3,(H,30,32). The van der Waals surface area contributed by atoms with Gasteiger partial charge in [-0.1, -0.05) is 36.4 Å². The molecular weight excluding hydrogens is 410 g/mol. The molecule has 33 heavy (non-hydrogen) atoms. The Labute approximate surface area is 195 Å². The number of carbonyl (C=O) groups is 1. The Morgan fingerprint density at radius 3 is 2.70 bits per heavy atom. The quantitative estimate of drug-likeness (QED) is 0.572. The number of amides is 1. The summed E-state index contributed by atoms with van der Waals surface area (Å²) in [6.07, 6.45) is 4.35. The molecule has 5 nitrogen and oxygen atoms in total. The number of methoxy groups -OCH3 is 1. The van der Waals surface area contributed by atoms with Crippen LogP contribution in [0.25, 0.3) is 11.1 Å². The highest BCUT2D eigenvalue weighted by atomic mass is 16.5. The summed E-state index contributed by atoms with van der Waals surface area (Å²) in [7, 11) is 1.67. The molecule has 0 aromatic heterocycles. The Kier molecular flexibility index (Phi) is 6.22. The van der Waals surface area contributed by atoms with Crippen LogP contribution in [0.5, 0.6) is 5.75 Å². The zero-order chi connectivity index (χ0) is 22.6. The molecule has 2 aliphatic rings. The van der Waals surface area contributed by atoms with Crippen molar-refractivity contribution in [1.82, 2.24) is 10.2 Å². The first-order chi connectivity index (χ1) is 16.2. The number of benzene rings is 3. The molecule has 0 radical (unpaired) electrons. The average Bonchev–Trinajstić information content (AvgIpc) is 3.55. The molecule has 1 amide bonds. The van der Waals surface area contributed by atoms with Gasteiger partial charge in [0.15, 0.2) is 0 Å². The number of nitrogens with one attached hydrogen (secondary N) is 1. The van der Waals surface area contributed by atoms with Crippen LogP contribution in [0.4, 0.5) is 0 Å². The molecule has 2 aliphatic heterocycles. The molecule has 5 heteroatoms. The highest BCUT2D eigenvalue weighted by molar-refractivity contribution is 5.96. The fourth-order valence-electron chi connectivity index (χ4n) is 4.68. The third-order valence-corrected chi connectivity index (χ3v) is 6.54. The summed E-state index contributed by atoms with van der Waals surface area (Å²) >= 11 is 0. The van der Waals surface area contributed by atoms with Crippen LogP contribution < -0.4 is 10.1 Å². The summed E-state index contributed by atoms with van der Waals surface area (Å²) in [6.45, 7) is 3.70. The molecule has 3 aromatic rings. The van der Waals surface area contributed by atoms with Gasteiger partial charge in [0.1, 0.15) is 5.75 Å². The van der Waals surface area contributed by atoms with Gasteiger partial charge in [-0.3, -0.25) is 9.79 Å². The van der Waals surface area contributed by atoms with E-state index in [9.17, 15) is 4.79 Å². The lowest BCUT2D eigenvalue weighted by molar-refractivity contribution is 0.0927. The van der Waals surface area contributed by atoms with E-state index in [0.29, 0.717) is 5.56 Å². The Balaban J connectivity index is 1.38. The molecule has 0 spiro atoms. The summed E-state index contributed by atoms with van der Waals surface area (Å²) in [5.74, 6) is 0.738. The Morgan fingerprint density at radius 1 is 1.03 bits per heavy atom. The molecule has 1 unspecified atom stereocenters. The summed E-state index contributed by atoms with van der Waals surface area (Å²) in [5, 5.41) is 3.29. The third-order valence-electron chi connectivity index (χ3n) is 6.54. The minimum absolute atomic E-state index is 0.0633.